The first kappa shape index (κ1) is 19.0. The smallest absolute Gasteiger partial charge is 0.322 e. The zero-order valence-electron chi connectivity index (χ0n) is 14.8. The first-order valence-corrected chi connectivity index (χ1v) is 9.04. The first-order chi connectivity index (χ1) is 12.6. The van der Waals surface area contributed by atoms with Crippen LogP contribution in [0.25, 0.3) is 0 Å². The van der Waals surface area contributed by atoms with Crippen LogP contribution in [-0.4, -0.2) is 74.5 Å². The van der Waals surface area contributed by atoms with Crippen LogP contribution in [0.2, 0.25) is 0 Å². The molecule has 1 aromatic carbocycles. The second kappa shape index (κ2) is 9.25. The number of nitrogens with zero attached hydrogens (tertiary/aromatic N) is 2. The van der Waals surface area contributed by atoms with Crippen molar-refractivity contribution in [1.82, 2.24) is 9.80 Å². The van der Waals surface area contributed by atoms with Gasteiger partial charge in [-0.05, 0) is 25.0 Å². The van der Waals surface area contributed by atoms with Crippen LogP contribution >= 0.6 is 0 Å². The number of amides is 2. The summed E-state index contributed by atoms with van der Waals surface area (Å²) >= 11 is 0. The van der Waals surface area contributed by atoms with Crippen molar-refractivity contribution in [3.05, 3.63) is 29.8 Å². The fourth-order valence-corrected chi connectivity index (χ4v) is 3.32. The third kappa shape index (κ3) is 4.90. The molecule has 8 heteroatoms. The highest BCUT2D eigenvalue weighted by atomic mass is 19.1. The summed E-state index contributed by atoms with van der Waals surface area (Å²) in [6.45, 7) is 5.38. The minimum atomic E-state index is -0.779. The molecule has 1 aromatic rings. The molecule has 26 heavy (non-hydrogen) atoms. The number of para-hydroxylation sites is 1. The van der Waals surface area contributed by atoms with Crippen molar-refractivity contribution in [2.45, 2.75) is 18.9 Å². The van der Waals surface area contributed by atoms with Crippen molar-refractivity contribution in [3.8, 4) is 0 Å². The zero-order chi connectivity index (χ0) is 18.4. The predicted molar refractivity (Wildman–Crippen MR) is 93.2 cm³/mol. The third-order valence-electron chi connectivity index (χ3n) is 4.85. The number of ether oxygens (including phenoxy) is 2. The molecule has 2 aliphatic heterocycles. The summed E-state index contributed by atoms with van der Waals surface area (Å²) in [6, 6.07) is 3.06. The van der Waals surface area contributed by atoms with Gasteiger partial charge in [0.25, 0.3) is 0 Å². The molecule has 144 valence electrons. The van der Waals surface area contributed by atoms with Gasteiger partial charge in [-0.2, -0.15) is 0 Å². The Labute approximate surface area is 152 Å². The number of hydrogen-bond acceptors (Lipinski definition) is 4. The van der Waals surface area contributed by atoms with E-state index < -0.39 is 23.4 Å². The van der Waals surface area contributed by atoms with E-state index in [0.29, 0.717) is 39.5 Å². The van der Waals surface area contributed by atoms with Crippen LogP contribution in [-0.2, 0) is 9.47 Å². The first-order valence-electron chi connectivity index (χ1n) is 9.04. The third-order valence-corrected chi connectivity index (χ3v) is 4.85. The maximum absolute atomic E-state index is 13.9. The normalized spacial score (nSPS) is 19.3. The lowest BCUT2D eigenvalue weighted by atomic mass is 10.1. The van der Waals surface area contributed by atoms with Crippen molar-refractivity contribution in [1.29, 1.82) is 0 Å². The summed E-state index contributed by atoms with van der Waals surface area (Å²) in [5, 5.41) is 2.42. The van der Waals surface area contributed by atoms with Crippen molar-refractivity contribution in [2.24, 2.45) is 0 Å². The second-order valence-electron chi connectivity index (χ2n) is 6.52. The predicted octanol–water partition coefficient (Wildman–Crippen LogP) is 2.31. The van der Waals surface area contributed by atoms with E-state index in [1.165, 1.54) is 6.07 Å². The van der Waals surface area contributed by atoms with Gasteiger partial charge in [0.05, 0.1) is 13.2 Å². The number of carbonyl (C=O) groups is 1. The van der Waals surface area contributed by atoms with Gasteiger partial charge in [0.1, 0.15) is 17.3 Å². The standard InChI is InChI=1S/C18H25F2N3O3/c19-15-2-1-3-16(20)17(15)21-18(24)23(14-4-10-25-11-5-14)7-6-22-8-12-26-13-9-22/h1-3,14H,4-13H2,(H,21,24). The molecule has 0 aliphatic carbocycles. The topological polar surface area (TPSA) is 54.0 Å². The molecule has 0 saturated carbocycles. The van der Waals surface area contributed by atoms with Gasteiger partial charge in [-0.1, -0.05) is 6.07 Å². The van der Waals surface area contributed by atoms with Gasteiger partial charge in [-0.3, -0.25) is 4.90 Å². The quantitative estimate of drug-likeness (QED) is 0.866. The van der Waals surface area contributed by atoms with Gasteiger partial charge in [-0.25, -0.2) is 13.6 Å². The van der Waals surface area contributed by atoms with E-state index >= 15 is 0 Å². The fraction of sp³-hybridized carbons (Fsp3) is 0.611. The van der Waals surface area contributed by atoms with E-state index in [-0.39, 0.29) is 6.04 Å². The van der Waals surface area contributed by atoms with E-state index in [9.17, 15) is 13.6 Å². The van der Waals surface area contributed by atoms with Gasteiger partial charge in [0.2, 0.25) is 0 Å². The lowest BCUT2D eigenvalue weighted by Crippen LogP contribution is -2.50. The lowest BCUT2D eigenvalue weighted by molar-refractivity contribution is 0.0238. The maximum atomic E-state index is 13.9. The van der Waals surface area contributed by atoms with E-state index in [2.05, 4.69) is 10.2 Å². The second-order valence-corrected chi connectivity index (χ2v) is 6.52. The fourth-order valence-electron chi connectivity index (χ4n) is 3.32. The van der Waals surface area contributed by atoms with E-state index in [1.54, 1.807) is 4.90 Å². The molecular weight excluding hydrogens is 344 g/mol. The molecule has 2 heterocycles. The Bertz CT molecular complexity index is 585. The number of morpholine rings is 1. The van der Waals surface area contributed by atoms with Crippen LogP contribution in [0, 0.1) is 11.6 Å². The summed E-state index contributed by atoms with van der Waals surface area (Å²) in [6.07, 6.45) is 1.44. The molecular formula is C18H25F2N3O3. The lowest BCUT2D eigenvalue weighted by Gasteiger charge is -2.36. The molecule has 2 fully saturated rings. The maximum Gasteiger partial charge on any atom is 0.322 e. The zero-order valence-corrected chi connectivity index (χ0v) is 14.8. The summed E-state index contributed by atoms with van der Waals surface area (Å²) in [5.41, 5.74) is -0.402. The SMILES string of the molecule is O=C(Nc1c(F)cccc1F)N(CCN1CCOCC1)C1CCOCC1. The van der Waals surface area contributed by atoms with Crippen LogP contribution in [0.3, 0.4) is 0 Å². The molecule has 2 saturated heterocycles. The molecule has 1 N–H and O–H groups in total. The van der Waals surface area contributed by atoms with Crippen LogP contribution in [0.15, 0.2) is 18.2 Å². The summed E-state index contributed by atoms with van der Waals surface area (Å²) in [4.78, 5) is 16.7. The number of carbonyl (C=O) groups excluding carboxylic acids is 1. The Morgan fingerprint density at radius 2 is 1.73 bits per heavy atom. The van der Waals surface area contributed by atoms with Crippen molar-refractivity contribution < 1.29 is 23.0 Å². The van der Waals surface area contributed by atoms with E-state index in [4.69, 9.17) is 9.47 Å². The van der Waals surface area contributed by atoms with Crippen LogP contribution < -0.4 is 5.32 Å². The molecule has 0 unspecified atom stereocenters. The number of urea groups is 1. The molecule has 2 amide bonds. The number of nitrogens with one attached hydrogen (secondary N) is 1. The van der Waals surface area contributed by atoms with Gasteiger partial charge >= 0.3 is 6.03 Å². The molecule has 6 nitrogen and oxygen atoms in total. The molecule has 0 atom stereocenters. The monoisotopic (exact) mass is 369 g/mol. The highest BCUT2D eigenvalue weighted by Gasteiger charge is 2.27. The Morgan fingerprint density at radius 1 is 1.12 bits per heavy atom. The number of benzene rings is 1. The number of rotatable bonds is 5. The molecule has 3 rings (SSSR count). The number of hydrogen-bond donors (Lipinski definition) is 1. The molecule has 2 aliphatic rings. The molecule has 0 bridgehead atoms. The number of anilines is 1. The van der Waals surface area contributed by atoms with Crippen molar-refractivity contribution >= 4 is 11.7 Å². The Morgan fingerprint density at radius 3 is 2.38 bits per heavy atom. The van der Waals surface area contributed by atoms with Crippen LogP contribution in [0.1, 0.15) is 12.8 Å². The highest BCUT2D eigenvalue weighted by Crippen LogP contribution is 2.21. The van der Waals surface area contributed by atoms with Gasteiger partial charge < -0.3 is 19.7 Å². The molecule has 0 aromatic heterocycles. The summed E-state index contributed by atoms with van der Waals surface area (Å²) in [7, 11) is 0. The van der Waals surface area contributed by atoms with Crippen molar-refractivity contribution in [3.63, 3.8) is 0 Å². The highest BCUT2D eigenvalue weighted by molar-refractivity contribution is 5.89. The van der Waals surface area contributed by atoms with Crippen molar-refractivity contribution in [2.75, 3.05) is 57.9 Å². The largest absolute Gasteiger partial charge is 0.381 e. The average Bonchev–Trinajstić information content (AvgIpc) is 2.67. The Hall–Kier alpha value is -1.77. The summed E-state index contributed by atoms with van der Waals surface area (Å²) in [5.74, 6) is -1.56. The molecule has 0 spiro atoms. The Balaban J connectivity index is 1.67. The van der Waals surface area contributed by atoms with E-state index in [1.807, 2.05) is 0 Å². The van der Waals surface area contributed by atoms with Gasteiger partial charge in [0.15, 0.2) is 0 Å². The Kier molecular flexibility index (Phi) is 6.76. The molecule has 0 radical (unpaired) electrons. The van der Waals surface area contributed by atoms with Gasteiger partial charge in [0, 0.05) is 45.4 Å². The summed E-state index contributed by atoms with van der Waals surface area (Å²) < 4.78 is 38.5. The van der Waals surface area contributed by atoms with E-state index in [0.717, 1.165) is 38.1 Å². The van der Waals surface area contributed by atoms with Gasteiger partial charge in [-0.15, -0.1) is 0 Å². The number of halogens is 2. The van der Waals surface area contributed by atoms with Crippen LogP contribution in [0.5, 0.6) is 0 Å². The minimum Gasteiger partial charge on any atom is -0.381 e. The van der Waals surface area contributed by atoms with Crippen LogP contribution in [0.4, 0.5) is 19.3 Å². The minimum absolute atomic E-state index is 0.000347. The average molecular weight is 369 g/mol.